The molecule has 0 bridgehead atoms. The van der Waals surface area contributed by atoms with Gasteiger partial charge in [-0.3, -0.25) is 14.9 Å². The molecule has 154 valence electrons. The van der Waals surface area contributed by atoms with Crippen LogP contribution in [0.25, 0.3) is 0 Å². The molecule has 4 N–H and O–H groups in total. The van der Waals surface area contributed by atoms with Crippen LogP contribution < -0.4 is 21.1 Å². The minimum absolute atomic E-state index is 0.0526. The molecule has 29 heavy (non-hydrogen) atoms. The molecular weight excluding hydrogens is 394 g/mol. The van der Waals surface area contributed by atoms with Gasteiger partial charge in [0.15, 0.2) is 5.13 Å². The zero-order valence-electron chi connectivity index (χ0n) is 16.0. The van der Waals surface area contributed by atoms with Gasteiger partial charge in [-0.1, -0.05) is 12.1 Å². The van der Waals surface area contributed by atoms with Crippen LogP contribution in [0.1, 0.15) is 18.5 Å². The molecule has 9 nitrogen and oxygen atoms in total. The van der Waals surface area contributed by atoms with Gasteiger partial charge in [-0.25, -0.2) is 9.78 Å². The summed E-state index contributed by atoms with van der Waals surface area (Å²) in [6.07, 6.45) is 1.33. The summed E-state index contributed by atoms with van der Waals surface area (Å²) in [5, 5.41) is 7.50. The third-order valence-electron chi connectivity index (χ3n) is 4.71. The van der Waals surface area contributed by atoms with E-state index in [1.807, 2.05) is 6.07 Å². The molecule has 0 aliphatic carbocycles. The summed E-state index contributed by atoms with van der Waals surface area (Å²) in [6, 6.07) is 6.62. The van der Waals surface area contributed by atoms with Crippen LogP contribution in [-0.4, -0.2) is 47.9 Å². The molecule has 1 aliphatic rings. The number of rotatable bonds is 6. The van der Waals surface area contributed by atoms with Crippen LogP contribution in [0.5, 0.6) is 5.75 Å². The second-order valence-electron chi connectivity index (χ2n) is 6.66. The first-order chi connectivity index (χ1) is 14.0. The number of amides is 4. The molecule has 0 saturated carbocycles. The molecule has 0 atom stereocenters. The average molecular weight is 417 g/mol. The van der Waals surface area contributed by atoms with Crippen molar-refractivity contribution >= 4 is 40.0 Å². The van der Waals surface area contributed by atoms with Gasteiger partial charge >= 0.3 is 6.03 Å². The number of carbonyl (C=O) groups is 3. The lowest BCUT2D eigenvalue weighted by Gasteiger charge is -2.30. The number of primary amides is 1. The summed E-state index contributed by atoms with van der Waals surface area (Å²) in [5.41, 5.74) is 6.45. The van der Waals surface area contributed by atoms with Crippen LogP contribution in [0.4, 0.5) is 15.6 Å². The Kier molecular flexibility index (Phi) is 6.65. The van der Waals surface area contributed by atoms with Crippen molar-refractivity contribution in [2.75, 3.05) is 30.8 Å². The molecule has 0 spiro atoms. The van der Waals surface area contributed by atoms with Gasteiger partial charge < -0.3 is 20.7 Å². The zero-order chi connectivity index (χ0) is 20.8. The van der Waals surface area contributed by atoms with Crippen molar-refractivity contribution in [2.24, 2.45) is 11.7 Å². The van der Waals surface area contributed by atoms with E-state index in [2.05, 4.69) is 15.6 Å². The Bertz CT molecular complexity index is 892. The van der Waals surface area contributed by atoms with Crippen molar-refractivity contribution in [1.29, 1.82) is 0 Å². The predicted molar refractivity (Wildman–Crippen MR) is 110 cm³/mol. The summed E-state index contributed by atoms with van der Waals surface area (Å²) < 4.78 is 5.20. The molecule has 0 unspecified atom stereocenters. The number of nitrogens with two attached hydrogens (primary N) is 1. The van der Waals surface area contributed by atoms with E-state index >= 15 is 0 Å². The van der Waals surface area contributed by atoms with E-state index in [1.54, 1.807) is 28.5 Å². The SMILES string of the molecule is COc1ccccc1NC(=O)Nc1nc(CC(=O)N2CCC(C(N)=O)CC2)cs1. The first-order valence-corrected chi connectivity index (χ1v) is 10.1. The highest BCUT2D eigenvalue weighted by molar-refractivity contribution is 7.14. The standard InChI is InChI=1S/C19H23N5O4S/c1-28-15-5-3-2-4-14(15)22-18(27)23-19-21-13(11-29-19)10-16(25)24-8-6-12(7-9-24)17(20)26/h2-5,11-12H,6-10H2,1H3,(H2,20,26)(H2,21,22,23,27). The second kappa shape index (κ2) is 9.37. The number of likely N-dealkylation sites (tertiary alicyclic amines) is 1. The van der Waals surface area contributed by atoms with Crippen molar-refractivity contribution in [3.05, 3.63) is 35.3 Å². The number of hydrogen-bond donors (Lipinski definition) is 3. The average Bonchev–Trinajstić information content (AvgIpc) is 3.14. The zero-order valence-corrected chi connectivity index (χ0v) is 16.8. The Labute approximate surface area is 172 Å². The van der Waals surface area contributed by atoms with Crippen LogP contribution in [0.2, 0.25) is 0 Å². The third kappa shape index (κ3) is 5.44. The summed E-state index contributed by atoms with van der Waals surface area (Å²) in [6.45, 7) is 1.03. The van der Waals surface area contributed by atoms with E-state index < -0.39 is 6.03 Å². The number of ether oxygens (including phenoxy) is 1. The van der Waals surface area contributed by atoms with Crippen molar-refractivity contribution in [3.63, 3.8) is 0 Å². The predicted octanol–water partition coefficient (Wildman–Crippen LogP) is 2.06. The number of nitrogens with one attached hydrogen (secondary N) is 2. The fourth-order valence-electron chi connectivity index (χ4n) is 3.12. The van der Waals surface area contributed by atoms with Crippen LogP contribution in [-0.2, 0) is 16.0 Å². The van der Waals surface area contributed by atoms with Crippen molar-refractivity contribution in [3.8, 4) is 5.75 Å². The van der Waals surface area contributed by atoms with Crippen molar-refractivity contribution in [2.45, 2.75) is 19.3 Å². The summed E-state index contributed by atoms with van der Waals surface area (Å²) in [5.74, 6) is 0.0333. The molecule has 1 aromatic carbocycles. The number of methoxy groups -OCH3 is 1. The Hall–Kier alpha value is -3.14. The molecule has 1 aromatic heterocycles. The highest BCUT2D eigenvalue weighted by Gasteiger charge is 2.26. The largest absolute Gasteiger partial charge is 0.495 e. The Balaban J connectivity index is 1.51. The smallest absolute Gasteiger partial charge is 0.325 e. The first-order valence-electron chi connectivity index (χ1n) is 9.18. The molecule has 1 saturated heterocycles. The quantitative estimate of drug-likeness (QED) is 0.663. The minimum Gasteiger partial charge on any atom is -0.495 e. The number of anilines is 2. The number of aromatic nitrogens is 1. The molecular formula is C19H23N5O4S. The lowest BCUT2D eigenvalue weighted by Crippen LogP contribution is -2.42. The Morgan fingerprint density at radius 2 is 1.97 bits per heavy atom. The van der Waals surface area contributed by atoms with Gasteiger partial charge in [0.2, 0.25) is 11.8 Å². The fraction of sp³-hybridized carbons (Fsp3) is 0.368. The number of benzene rings is 1. The number of hydrogen-bond acceptors (Lipinski definition) is 6. The minimum atomic E-state index is -0.449. The van der Waals surface area contributed by atoms with Crippen LogP contribution in [0.3, 0.4) is 0 Å². The summed E-state index contributed by atoms with van der Waals surface area (Å²) in [4.78, 5) is 41.9. The van der Waals surface area contributed by atoms with Gasteiger partial charge in [0, 0.05) is 24.4 Å². The highest BCUT2D eigenvalue weighted by Crippen LogP contribution is 2.24. The summed E-state index contributed by atoms with van der Waals surface area (Å²) >= 11 is 1.25. The lowest BCUT2D eigenvalue weighted by atomic mass is 9.96. The highest BCUT2D eigenvalue weighted by atomic mass is 32.1. The van der Waals surface area contributed by atoms with Gasteiger partial charge in [0.05, 0.1) is 24.9 Å². The second-order valence-corrected chi connectivity index (χ2v) is 7.52. The van der Waals surface area contributed by atoms with Gasteiger partial charge in [-0.15, -0.1) is 11.3 Å². The molecule has 4 amide bonds. The maximum atomic E-state index is 12.4. The number of piperidine rings is 1. The number of carbonyl (C=O) groups excluding carboxylic acids is 3. The molecule has 2 aromatic rings. The maximum Gasteiger partial charge on any atom is 0.325 e. The van der Waals surface area contributed by atoms with Crippen molar-refractivity contribution < 1.29 is 19.1 Å². The first kappa shape index (κ1) is 20.6. The fourth-order valence-corrected chi connectivity index (χ4v) is 3.83. The number of thiazole rings is 1. The topological polar surface area (TPSA) is 127 Å². The van der Waals surface area contributed by atoms with Crippen LogP contribution in [0, 0.1) is 5.92 Å². The maximum absolute atomic E-state index is 12.4. The van der Waals surface area contributed by atoms with E-state index in [1.165, 1.54) is 18.4 Å². The molecule has 1 fully saturated rings. The Morgan fingerprint density at radius 1 is 1.24 bits per heavy atom. The normalized spacial score (nSPS) is 14.3. The lowest BCUT2D eigenvalue weighted by molar-refractivity contribution is -0.134. The molecule has 1 aliphatic heterocycles. The van der Waals surface area contributed by atoms with E-state index in [0.29, 0.717) is 48.2 Å². The Morgan fingerprint density at radius 3 is 2.66 bits per heavy atom. The monoisotopic (exact) mass is 417 g/mol. The summed E-state index contributed by atoms with van der Waals surface area (Å²) in [7, 11) is 1.53. The number of nitrogens with zero attached hydrogens (tertiary/aromatic N) is 2. The van der Waals surface area contributed by atoms with E-state index in [4.69, 9.17) is 10.5 Å². The molecule has 3 rings (SSSR count). The van der Waals surface area contributed by atoms with Crippen LogP contribution in [0.15, 0.2) is 29.6 Å². The van der Waals surface area contributed by atoms with E-state index in [-0.39, 0.29) is 24.2 Å². The molecule has 10 heteroatoms. The van der Waals surface area contributed by atoms with Gasteiger partial charge in [-0.05, 0) is 25.0 Å². The molecule has 0 radical (unpaired) electrons. The van der Waals surface area contributed by atoms with Gasteiger partial charge in [0.1, 0.15) is 5.75 Å². The van der Waals surface area contributed by atoms with E-state index in [0.717, 1.165) is 0 Å². The molecule has 2 heterocycles. The van der Waals surface area contributed by atoms with Crippen molar-refractivity contribution in [1.82, 2.24) is 9.88 Å². The van der Waals surface area contributed by atoms with Crippen LogP contribution >= 0.6 is 11.3 Å². The van der Waals surface area contributed by atoms with Gasteiger partial charge in [0.25, 0.3) is 0 Å². The van der Waals surface area contributed by atoms with Gasteiger partial charge in [-0.2, -0.15) is 0 Å². The number of para-hydroxylation sites is 2. The number of urea groups is 1. The third-order valence-corrected chi connectivity index (χ3v) is 5.52. The van der Waals surface area contributed by atoms with E-state index in [9.17, 15) is 14.4 Å².